The molecule has 0 atom stereocenters. The Hall–Kier alpha value is -10.4. The van der Waals surface area contributed by atoms with Crippen LogP contribution < -0.4 is 4.90 Å². The third-order valence-electron chi connectivity index (χ3n) is 12.5. The van der Waals surface area contributed by atoms with E-state index in [4.69, 9.17) is 36.3 Å². The molecule has 0 fully saturated rings. The average molecular weight is 893 g/mol. The molecule has 0 aliphatic rings. The lowest BCUT2D eigenvalue weighted by Crippen LogP contribution is -2.09. The lowest BCUT2D eigenvalue weighted by molar-refractivity contribution is 1.18. The normalized spacial score (nSPS) is 10.8. The Kier molecular flexibility index (Phi) is 10.9. The van der Waals surface area contributed by atoms with Crippen LogP contribution in [-0.4, -0.2) is 14.5 Å². The van der Waals surface area contributed by atoms with Gasteiger partial charge in [0.05, 0.1) is 48.7 Å². The van der Waals surface area contributed by atoms with E-state index in [0.29, 0.717) is 56.7 Å². The summed E-state index contributed by atoms with van der Waals surface area (Å²) in [5, 5.41) is 2.26. The van der Waals surface area contributed by atoms with Gasteiger partial charge in [-0.1, -0.05) is 152 Å². The number of aromatic nitrogens is 3. The number of benzene rings is 9. The molecule has 0 N–H and O–H groups in total. The highest BCUT2D eigenvalue weighted by molar-refractivity contribution is 6.11. The Morgan fingerprint density at radius 3 is 1.51 bits per heavy atom. The first-order valence-electron chi connectivity index (χ1n) is 22.4. The maximum absolute atomic E-state index is 8.31. The van der Waals surface area contributed by atoms with Gasteiger partial charge in [0.15, 0.2) is 22.7 Å². The van der Waals surface area contributed by atoms with Crippen LogP contribution in [0.25, 0.3) is 103 Å². The summed E-state index contributed by atoms with van der Waals surface area (Å²) in [5.41, 5.74) is 14.2. The summed E-state index contributed by atoms with van der Waals surface area (Å²) in [4.78, 5) is 27.5. The molecule has 11 aromatic rings. The summed E-state index contributed by atoms with van der Waals surface area (Å²) < 4.78 is 2.27. The van der Waals surface area contributed by atoms with E-state index in [1.54, 1.807) is 12.1 Å². The Labute approximate surface area is 405 Å². The molecule has 324 valence electrons. The van der Waals surface area contributed by atoms with Gasteiger partial charge in [0.25, 0.3) is 0 Å². The summed E-state index contributed by atoms with van der Waals surface area (Å²) in [6.45, 7) is 32.2. The minimum atomic E-state index is 0.383. The lowest BCUT2D eigenvalue weighted by Gasteiger charge is -2.25. The van der Waals surface area contributed by atoms with Crippen LogP contribution in [0.2, 0.25) is 0 Å². The second-order valence-electron chi connectivity index (χ2n) is 16.5. The highest BCUT2D eigenvalue weighted by atomic mass is 15.1. The third kappa shape index (κ3) is 7.63. The van der Waals surface area contributed by atoms with Gasteiger partial charge < -0.3 is 9.47 Å². The second kappa shape index (κ2) is 18.1. The summed E-state index contributed by atoms with van der Waals surface area (Å²) in [6.07, 6.45) is 0. The van der Waals surface area contributed by atoms with Gasteiger partial charge in [-0.2, -0.15) is 0 Å². The molecule has 2 aromatic heterocycles. The fourth-order valence-corrected chi connectivity index (χ4v) is 9.24. The smallest absolute Gasteiger partial charge is 0.198 e. The molecule has 2 heterocycles. The van der Waals surface area contributed by atoms with Crippen molar-refractivity contribution < 1.29 is 0 Å². The summed E-state index contributed by atoms with van der Waals surface area (Å²) >= 11 is 0. The van der Waals surface area contributed by atoms with Crippen molar-refractivity contribution in [3.05, 3.63) is 264 Å². The van der Waals surface area contributed by atoms with Gasteiger partial charge in [0.2, 0.25) is 0 Å². The first-order valence-corrected chi connectivity index (χ1v) is 22.4. The molecule has 0 saturated carbocycles. The molecule has 11 rings (SSSR count). The molecule has 9 aromatic carbocycles. The molecule has 8 heteroatoms. The third-order valence-corrected chi connectivity index (χ3v) is 12.5. The molecule has 70 heavy (non-hydrogen) atoms. The number of hydrogen-bond donors (Lipinski definition) is 0. The molecule has 0 amide bonds. The van der Waals surface area contributed by atoms with E-state index in [2.05, 4.69) is 132 Å². The summed E-state index contributed by atoms with van der Waals surface area (Å²) in [6, 6.07) is 71.9. The molecular weight excluding hydrogens is 857 g/mol. The van der Waals surface area contributed by atoms with Crippen molar-refractivity contribution in [1.82, 2.24) is 14.5 Å². The van der Waals surface area contributed by atoms with Crippen LogP contribution in [0.15, 0.2) is 218 Å². The van der Waals surface area contributed by atoms with E-state index in [1.165, 1.54) is 0 Å². The Morgan fingerprint density at radius 2 is 0.871 bits per heavy atom. The SMILES string of the molecule is [C-]#[N+]c1ccccc1-c1cc(-c2ccc(-c3cc([N+]#[C-])c(-c4ccc(-n5c6ccccc6c6cc(N(c7ccccc7)c7ccccc7)ccc65)cc4)c([N+]#[C-])c3)cc2)nc(-c2ccccc2[N+]#[C-])n1. The standard InChI is InChI=1S/C62H36N8/c1-63-53-24-14-11-22-50(53)56-40-55(67-62(68-56)51-23-12-15-25-54(51)64-2)42-29-27-41(28-30-42)44-37-57(65-3)61(58(38-44)66-4)43-31-33-47(34-32-43)70-59-26-16-13-21-49(59)52-39-48(35-36-60(52)70)69(45-17-7-5-8-18-45)46-19-9-6-10-20-46/h5-40H. The highest BCUT2D eigenvalue weighted by Crippen LogP contribution is 2.45. The molecule has 0 bridgehead atoms. The maximum atomic E-state index is 8.31. The van der Waals surface area contributed by atoms with Crippen LogP contribution in [0.4, 0.5) is 39.8 Å². The zero-order valence-corrected chi connectivity index (χ0v) is 37.4. The molecule has 0 unspecified atom stereocenters. The molecular formula is C62H36N8. The summed E-state index contributed by atoms with van der Waals surface area (Å²) in [7, 11) is 0. The van der Waals surface area contributed by atoms with Crippen molar-refractivity contribution in [2.75, 3.05) is 4.90 Å². The van der Waals surface area contributed by atoms with Gasteiger partial charge in [-0.15, -0.1) is 0 Å². The number of hydrogen-bond acceptors (Lipinski definition) is 3. The van der Waals surface area contributed by atoms with E-state index >= 15 is 0 Å². The van der Waals surface area contributed by atoms with Crippen molar-refractivity contribution in [2.45, 2.75) is 0 Å². The van der Waals surface area contributed by atoms with E-state index in [1.807, 2.05) is 103 Å². The minimum Gasteiger partial charge on any atom is -0.310 e. The number of anilines is 3. The van der Waals surface area contributed by atoms with Gasteiger partial charge in [-0.05, 0) is 89.0 Å². The van der Waals surface area contributed by atoms with Crippen LogP contribution in [0.1, 0.15) is 0 Å². The van der Waals surface area contributed by atoms with E-state index in [-0.39, 0.29) is 0 Å². The molecule has 0 spiro atoms. The van der Waals surface area contributed by atoms with Crippen molar-refractivity contribution >= 4 is 61.6 Å². The number of rotatable bonds is 9. The number of para-hydroxylation sites is 5. The van der Waals surface area contributed by atoms with Gasteiger partial charge in [-0.25, -0.2) is 29.3 Å². The van der Waals surface area contributed by atoms with E-state index < -0.39 is 0 Å². The summed E-state index contributed by atoms with van der Waals surface area (Å²) in [5.74, 6) is 0.383. The Balaban J connectivity index is 0.936. The monoisotopic (exact) mass is 892 g/mol. The first-order chi connectivity index (χ1) is 34.5. The van der Waals surface area contributed by atoms with Gasteiger partial charge in [0.1, 0.15) is 5.82 Å². The zero-order valence-electron chi connectivity index (χ0n) is 37.4. The van der Waals surface area contributed by atoms with Crippen LogP contribution >= 0.6 is 0 Å². The predicted molar refractivity (Wildman–Crippen MR) is 283 cm³/mol. The maximum Gasteiger partial charge on any atom is 0.198 e. The van der Waals surface area contributed by atoms with Gasteiger partial charge >= 0.3 is 0 Å². The quantitative estimate of drug-likeness (QED) is 0.136. The fraction of sp³-hybridized carbons (Fsp3) is 0. The van der Waals surface area contributed by atoms with Crippen molar-refractivity contribution in [2.24, 2.45) is 0 Å². The average Bonchev–Trinajstić information content (AvgIpc) is 3.76. The fourth-order valence-electron chi connectivity index (χ4n) is 9.24. The van der Waals surface area contributed by atoms with Crippen LogP contribution in [0.5, 0.6) is 0 Å². The molecule has 0 radical (unpaired) electrons. The van der Waals surface area contributed by atoms with Crippen LogP contribution in [0, 0.1) is 26.3 Å². The molecule has 0 aliphatic heterocycles. The van der Waals surface area contributed by atoms with Crippen molar-refractivity contribution in [3.8, 4) is 61.8 Å². The number of fused-ring (bicyclic) bond motifs is 3. The van der Waals surface area contributed by atoms with Crippen LogP contribution in [-0.2, 0) is 0 Å². The largest absolute Gasteiger partial charge is 0.310 e. The molecule has 0 saturated heterocycles. The highest BCUT2D eigenvalue weighted by Gasteiger charge is 2.20. The Morgan fingerprint density at radius 1 is 0.357 bits per heavy atom. The van der Waals surface area contributed by atoms with Gasteiger partial charge in [-0.3, -0.25) is 0 Å². The second-order valence-corrected chi connectivity index (χ2v) is 16.5. The Bertz CT molecular complexity index is 3830. The first kappa shape index (κ1) is 42.3. The topological polar surface area (TPSA) is 51.4 Å². The number of nitrogens with zero attached hydrogens (tertiary/aromatic N) is 8. The molecule has 8 nitrogen and oxygen atoms in total. The van der Waals surface area contributed by atoms with Crippen molar-refractivity contribution in [1.29, 1.82) is 0 Å². The zero-order chi connectivity index (χ0) is 47.6. The van der Waals surface area contributed by atoms with Crippen molar-refractivity contribution in [3.63, 3.8) is 0 Å². The predicted octanol–water partition coefficient (Wildman–Crippen LogP) is 17.6. The minimum absolute atomic E-state index is 0.383. The van der Waals surface area contributed by atoms with E-state index in [9.17, 15) is 0 Å². The lowest BCUT2D eigenvalue weighted by atomic mass is 9.95. The molecule has 0 aliphatic carbocycles. The van der Waals surface area contributed by atoms with Crippen LogP contribution in [0.3, 0.4) is 0 Å². The van der Waals surface area contributed by atoms with Gasteiger partial charge in [0, 0.05) is 50.2 Å². The van der Waals surface area contributed by atoms with E-state index in [0.717, 1.165) is 66.8 Å².